The molecule has 23 heavy (non-hydrogen) atoms. The van der Waals surface area contributed by atoms with Crippen LogP contribution in [0, 0.1) is 5.92 Å². The normalized spacial score (nSPS) is 18.1. The minimum atomic E-state index is 0. The zero-order valence-corrected chi connectivity index (χ0v) is 17.2. The van der Waals surface area contributed by atoms with Crippen LogP contribution in [-0.2, 0) is 14.2 Å². The van der Waals surface area contributed by atoms with Gasteiger partial charge in [0.15, 0.2) is 5.96 Å². The summed E-state index contributed by atoms with van der Waals surface area (Å²) in [5, 5.41) is 3.44. The average molecular weight is 443 g/mol. The van der Waals surface area contributed by atoms with Gasteiger partial charge >= 0.3 is 0 Å². The van der Waals surface area contributed by atoms with Crippen LogP contribution in [0.25, 0.3) is 0 Å². The summed E-state index contributed by atoms with van der Waals surface area (Å²) in [7, 11) is 3.55. The Kier molecular flexibility index (Phi) is 15.3. The molecule has 0 bridgehead atoms. The molecule has 0 aliphatic carbocycles. The molecular formula is C16H34IN3O3. The standard InChI is InChI=1S/C16H33N3O3.HI/c1-4-21-10-6-5-8-18-16(17-2)19-9-7-15(13-19)14-22-12-11-20-3;/h15H,4-14H2,1-3H3,(H,17,18);1H. The van der Waals surface area contributed by atoms with Gasteiger partial charge < -0.3 is 24.4 Å². The van der Waals surface area contributed by atoms with Crippen LogP contribution in [0.15, 0.2) is 4.99 Å². The SMILES string of the molecule is CCOCCCCNC(=NC)N1CCC(COCCOC)C1.I. The highest BCUT2D eigenvalue weighted by Crippen LogP contribution is 2.16. The minimum absolute atomic E-state index is 0. The highest BCUT2D eigenvalue weighted by molar-refractivity contribution is 14.0. The van der Waals surface area contributed by atoms with Gasteiger partial charge in [0, 0.05) is 52.9 Å². The molecule has 7 heteroatoms. The highest BCUT2D eigenvalue weighted by atomic mass is 127. The predicted octanol–water partition coefficient (Wildman–Crippen LogP) is 1.98. The molecule has 0 radical (unpaired) electrons. The maximum atomic E-state index is 5.63. The fraction of sp³-hybridized carbons (Fsp3) is 0.938. The molecule has 0 saturated carbocycles. The Morgan fingerprint density at radius 2 is 2.04 bits per heavy atom. The molecule has 1 rings (SSSR count). The lowest BCUT2D eigenvalue weighted by Crippen LogP contribution is -2.40. The van der Waals surface area contributed by atoms with Crippen molar-refractivity contribution in [1.82, 2.24) is 10.2 Å². The molecule has 1 fully saturated rings. The van der Waals surface area contributed by atoms with Crippen molar-refractivity contribution in [2.75, 3.05) is 66.8 Å². The van der Waals surface area contributed by atoms with Crippen molar-refractivity contribution in [2.45, 2.75) is 26.2 Å². The van der Waals surface area contributed by atoms with Gasteiger partial charge in [-0.25, -0.2) is 0 Å². The van der Waals surface area contributed by atoms with Crippen LogP contribution in [0.4, 0.5) is 0 Å². The van der Waals surface area contributed by atoms with Crippen LogP contribution in [-0.4, -0.2) is 77.7 Å². The molecule has 0 amide bonds. The van der Waals surface area contributed by atoms with Crippen molar-refractivity contribution in [3.05, 3.63) is 0 Å². The summed E-state index contributed by atoms with van der Waals surface area (Å²) in [5.41, 5.74) is 0. The fourth-order valence-corrected chi connectivity index (χ4v) is 2.56. The van der Waals surface area contributed by atoms with Crippen molar-refractivity contribution < 1.29 is 14.2 Å². The Hall–Kier alpha value is -0.120. The number of hydrogen-bond acceptors (Lipinski definition) is 4. The molecule has 1 aliphatic rings. The van der Waals surface area contributed by atoms with Crippen LogP contribution in [0.1, 0.15) is 26.2 Å². The number of hydrogen-bond donors (Lipinski definition) is 1. The minimum Gasteiger partial charge on any atom is -0.382 e. The number of rotatable bonds is 11. The average Bonchev–Trinajstić information content (AvgIpc) is 3.00. The lowest BCUT2D eigenvalue weighted by molar-refractivity contribution is 0.0536. The maximum Gasteiger partial charge on any atom is 0.193 e. The second-order valence-corrected chi connectivity index (χ2v) is 5.55. The zero-order chi connectivity index (χ0) is 16.0. The number of methoxy groups -OCH3 is 1. The first kappa shape index (κ1) is 22.9. The summed E-state index contributed by atoms with van der Waals surface area (Å²) in [5.74, 6) is 1.60. The van der Waals surface area contributed by atoms with E-state index < -0.39 is 0 Å². The van der Waals surface area contributed by atoms with Crippen molar-refractivity contribution in [3.63, 3.8) is 0 Å². The van der Waals surface area contributed by atoms with Crippen LogP contribution in [0.5, 0.6) is 0 Å². The smallest absolute Gasteiger partial charge is 0.193 e. The van der Waals surface area contributed by atoms with E-state index in [4.69, 9.17) is 14.2 Å². The van der Waals surface area contributed by atoms with E-state index in [0.717, 1.165) is 64.7 Å². The van der Waals surface area contributed by atoms with Gasteiger partial charge in [-0.2, -0.15) is 0 Å². The Balaban J connectivity index is 0.00000484. The Morgan fingerprint density at radius 3 is 2.74 bits per heavy atom. The molecule has 1 atom stereocenters. The quantitative estimate of drug-likeness (QED) is 0.229. The van der Waals surface area contributed by atoms with Gasteiger partial charge in [-0.05, 0) is 26.2 Å². The van der Waals surface area contributed by atoms with E-state index in [1.165, 1.54) is 0 Å². The van der Waals surface area contributed by atoms with E-state index in [-0.39, 0.29) is 24.0 Å². The summed E-state index contributed by atoms with van der Waals surface area (Å²) in [6.45, 7) is 8.86. The summed E-state index contributed by atoms with van der Waals surface area (Å²) >= 11 is 0. The van der Waals surface area contributed by atoms with Crippen LogP contribution in [0.2, 0.25) is 0 Å². The van der Waals surface area contributed by atoms with E-state index in [1.807, 2.05) is 14.0 Å². The summed E-state index contributed by atoms with van der Waals surface area (Å²) in [6.07, 6.45) is 3.36. The van der Waals surface area contributed by atoms with Crippen molar-refractivity contribution in [1.29, 1.82) is 0 Å². The Morgan fingerprint density at radius 1 is 1.22 bits per heavy atom. The number of unbranched alkanes of at least 4 members (excludes halogenated alkanes) is 1. The summed E-state index contributed by atoms with van der Waals surface area (Å²) < 4.78 is 16.0. The predicted molar refractivity (Wildman–Crippen MR) is 105 cm³/mol. The van der Waals surface area contributed by atoms with E-state index in [0.29, 0.717) is 19.1 Å². The van der Waals surface area contributed by atoms with Crippen LogP contribution >= 0.6 is 24.0 Å². The van der Waals surface area contributed by atoms with Crippen molar-refractivity contribution in [2.24, 2.45) is 10.9 Å². The van der Waals surface area contributed by atoms with Crippen LogP contribution < -0.4 is 5.32 Å². The topological polar surface area (TPSA) is 55.3 Å². The van der Waals surface area contributed by atoms with Gasteiger partial charge in [0.05, 0.1) is 19.8 Å². The second-order valence-electron chi connectivity index (χ2n) is 5.55. The van der Waals surface area contributed by atoms with Gasteiger partial charge in [-0.3, -0.25) is 4.99 Å². The second kappa shape index (κ2) is 15.4. The first-order valence-electron chi connectivity index (χ1n) is 8.41. The number of likely N-dealkylation sites (tertiary alicyclic amines) is 1. The van der Waals surface area contributed by atoms with Gasteiger partial charge in [0.25, 0.3) is 0 Å². The molecule has 0 aromatic rings. The Labute approximate surface area is 158 Å². The molecule has 0 spiro atoms. The van der Waals surface area contributed by atoms with Gasteiger partial charge in [-0.15, -0.1) is 24.0 Å². The molecule has 1 saturated heterocycles. The molecule has 1 heterocycles. The molecule has 138 valence electrons. The van der Waals surface area contributed by atoms with Gasteiger partial charge in [-0.1, -0.05) is 0 Å². The van der Waals surface area contributed by atoms with Crippen molar-refractivity contribution >= 4 is 29.9 Å². The summed E-state index contributed by atoms with van der Waals surface area (Å²) in [4.78, 5) is 6.71. The Bertz CT molecular complexity index is 306. The summed E-state index contributed by atoms with van der Waals surface area (Å²) in [6, 6.07) is 0. The van der Waals surface area contributed by atoms with E-state index in [1.54, 1.807) is 7.11 Å². The largest absolute Gasteiger partial charge is 0.382 e. The monoisotopic (exact) mass is 443 g/mol. The number of guanidine groups is 1. The molecule has 1 aliphatic heterocycles. The zero-order valence-electron chi connectivity index (χ0n) is 14.9. The maximum absolute atomic E-state index is 5.63. The number of nitrogens with zero attached hydrogens (tertiary/aromatic N) is 2. The third-order valence-corrected chi connectivity index (χ3v) is 3.79. The van der Waals surface area contributed by atoms with Gasteiger partial charge in [0.1, 0.15) is 0 Å². The molecule has 1 N–H and O–H groups in total. The molecule has 0 aromatic carbocycles. The first-order chi connectivity index (χ1) is 10.8. The van der Waals surface area contributed by atoms with Crippen LogP contribution in [0.3, 0.4) is 0 Å². The lowest BCUT2D eigenvalue weighted by atomic mass is 10.1. The van der Waals surface area contributed by atoms with E-state index in [2.05, 4.69) is 15.2 Å². The number of aliphatic imine (C=N–C) groups is 1. The van der Waals surface area contributed by atoms with Crippen molar-refractivity contribution in [3.8, 4) is 0 Å². The van der Waals surface area contributed by atoms with Gasteiger partial charge in [0.2, 0.25) is 0 Å². The molecule has 1 unspecified atom stereocenters. The number of ether oxygens (including phenoxy) is 3. The van der Waals surface area contributed by atoms with E-state index >= 15 is 0 Å². The molecule has 0 aromatic heterocycles. The third-order valence-electron chi connectivity index (χ3n) is 3.79. The third kappa shape index (κ3) is 10.4. The molecule has 6 nitrogen and oxygen atoms in total. The molecular weight excluding hydrogens is 409 g/mol. The first-order valence-corrected chi connectivity index (χ1v) is 8.41. The number of halogens is 1. The highest BCUT2D eigenvalue weighted by Gasteiger charge is 2.24. The fourth-order valence-electron chi connectivity index (χ4n) is 2.56. The lowest BCUT2D eigenvalue weighted by Gasteiger charge is -2.21. The number of nitrogens with one attached hydrogen (secondary N) is 1. The van der Waals surface area contributed by atoms with E-state index in [9.17, 15) is 0 Å².